The highest BCUT2D eigenvalue weighted by molar-refractivity contribution is 5.76. The highest BCUT2D eigenvalue weighted by Gasteiger charge is 2.21. The van der Waals surface area contributed by atoms with Crippen molar-refractivity contribution in [3.8, 4) is 5.75 Å². The van der Waals surface area contributed by atoms with Crippen molar-refractivity contribution in [3.05, 3.63) is 29.8 Å². The minimum atomic E-state index is -0.339. The van der Waals surface area contributed by atoms with E-state index >= 15 is 0 Å². The lowest BCUT2D eigenvalue weighted by Gasteiger charge is -2.30. The number of nitrogens with zero attached hydrogens (tertiary/aromatic N) is 1. The van der Waals surface area contributed by atoms with Gasteiger partial charge in [-0.3, -0.25) is 4.79 Å². The van der Waals surface area contributed by atoms with Crippen molar-refractivity contribution in [1.82, 2.24) is 4.90 Å². The van der Waals surface area contributed by atoms with Crippen LogP contribution in [0.2, 0.25) is 0 Å². The molecule has 1 aromatic carbocycles. The van der Waals surface area contributed by atoms with Crippen LogP contribution < -0.4 is 4.74 Å². The lowest BCUT2D eigenvalue weighted by Crippen LogP contribution is -2.42. The monoisotopic (exact) mass is 277 g/mol. The van der Waals surface area contributed by atoms with Gasteiger partial charge in [0, 0.05) is 19.5 Å². The van der Waals surface area contributed by atoms with E-state index in [1.54, 1.807) is 12.0 Å². The Morgan fingerprint density at radius 3 is 2.80 bits per heavy atom. The number of hydrogen-bond donors (Lipinski definition) is 1. The first-order valence-electron chi connectivity index (χ1n) is 7.28. The first kappa shape index (κ1) is 14.9. The van der Waals surface area contributed by atoms with Crippen molar-refractivity contribution < 1.29 is 14.6 Å². The Hall–Kier alpha value is -1.55. The number of rotatable bonds is 5. The number of benzene rings is 1. The second-order valence-corrected chi connectivity index (χ2v) is 5.34. The maximum Gasteiger partial charge on any atom is 0.222 e. The topological polar surface area (TPSA) is 49.8 Å². The Kier molecular flexibility index (Phi) is 5.41. The average molecular weight is 277 g/mol. The molecule has 4 nitrogen and oxygen atoms in total. The third-order valence-electron chi connectivity index (χ3n) is 3.76. The zero-order valence-electron chi connectivity index (χ0n) is 12.0. The predicted molar refractivity (Wildman–Crippen MR) is 77.8 cm³/mol. The molecule has 1 aliphatic heterocycles. The van der Waals surface area contributed by atoms with E-state index in [0.29, 0.717) is 13.0 Å². The molecule has 110 valence electrons. The Morgan fingerprint density at radius 2 is 2.15 bits per heavy atom. The van der Waals surface area contributed by atoms with Gasteiger partial charge >= 0.3 is 0 Å². The van der Waals surface area contributed by atoms with Gasteiger partial charge < -0.3 is 14.7 Å². The van der Waals surface area contributed by atoms with Crippen LogP contribution in [0.5, 0.6) is 5.75 Å². The summed E-state index contributed by atoms with van der Waals surface area (Å²) in [4.78, 5) is 13.8. The van der Waals surface area contributed by atoms with Gasteiger partial charge in [0.15, 0.2) is 0 Å². The van der Waals surface area contributed by atoms with Crippen LogP contribution in [0.4, 0.5) is 0 Å². The summed E-state index contributed by atoms with van der Waals surface area (Å²) < 4.78 is 5.12. The molecule has 1 unspecified atom stereocenters. The fourth-order valence-corrected chi connectivity index (χ4v) is 2.58. The number of amides is 1. The van der Waals surface area contributed by atoms with Crippen LogP contribution in [0.3, 0.4) is 0 Å². The molecule has 1 aliphatic rings. The van der Waals surface area contributed by atoms with Gasteiger partial charge in [0.05, 0.1) is 13.2 Å². The van der Waals surface area contributed by atoms with Crippen LogP contribution >= 0.6 is 0 Å². The van der Waals surface area contributed by atoms with Crippen molar-refractivity contribution in [1.29, 1.82) is 0 Å². The standard InChI is InChI=1S/C16H23NO3/c1-20-15-9-7-13(8-10-15)4-2-6-16(19)17-11-3-5-14(18)12-17/h7-10,14,18H,2-6,11-12H2,1H3. The normalized spacial score (nSPS) is 18.9. The van der Waals surface area contributed by atoms with Crippen molar-refractivity contribution in [2.24, 2.45) is 0 Å². The molecule has 1 saturated heterocycles. The molecule has 0 spiro atoms. The van der Waals surface area contributed by atoms with Gasteiger partial charge in [-0.15, -0.1) is 0 Å². The highest BCUT2D eigenvalue weighted by Crippen LogP contribution is 2.15. The Bertz CT molecular complexity index is 430. The lowest BCUT2D eigenvalue weighted by molar-refractivity contribution is -0.134. The molecule has 0 aromatic heterocycles. The van der Waals surface area contributed by atoms with E-state index in [0.717, 1.165) is 38.0 Å². The van der Waals surface area contributed by atoms with E-state index in [2.05, 4.69) is 0 Å². The predicted octanol–water partition coefficient (Wildman–Crippen LogP) is 2.00. The van der Waals surface area contributed by atoms with Gasteiger partial charge in [-0.25, -0.2) is 0 Å². The average Bonchev–Trinajstić information content (AvgIpc) is 2.48. The summed E-state index contributed by atoms with van der Waals surface area (Å²) in [6.07, 6.45) is 3.68. The number of ether oxygens (including phenoxy) is 1. The van der Waals surface area contributed by atoms with Gasteiger partial charge in [0.2, 0.25) is 5.91 Å². The molecule has 1 atom stereocenters. The van der Waals surface area contributed by atoms with Crippen LogP contribution in [0, 0.1) is 0 Å². The smallest absolute Gasteiger partial charge is 0.222 e. The van der Waals surface area contributed by atoms with Crippen LogP contribution in [0.1, 0.15) is 31.2 Å². The second-order valence-electron chi connectivity index (χ2n) is 5.34. The maximum atomic E-state index is 12.0. The van der Waals surface area contributed by atoms with Crippen molar-refractivity contribution in [2.75, 3.05) is 20.2 Å². The molecular formula is C16H23NO3. The van der Waals surface area contributed by atoms with Crippen molar-refractivity contribution in [2.45, 2.75) is 38.2 Å². The molecule has 1 heterocycles. The fraction of sp³-hybridized carbons (Fsp3) is 0.562. The number of likely N-dealkylation sites (tertiary alicyclic amines) is 1. The van der Waals surface area contributed by atoms with Gasteiger partial charge in [-0.05, 0) is 43.4 Å². The molecule has 4 heteroatoms. The molecule has 2 rings (SSSR count). The van der Waals surface area contributed by atoms with Gasteiger partial charge in [0.25, 0.3) is 0 Å². The minimum Gasteiger partial charge on any atom is -0.497 e. The fourth-order valence-electron chi connectivity index (χ4n) is 2.58. The number of β-amino-alcohol motifs (C(OH)–C–C–N with tert-alkyl or cyclic N) is 1. The summed E-state index contributed by atoms with van der Waals surface area (Å²) in [5, 5.41) is 9.58. The SMILES string of the molecule is COc1ccc(CCCC(=O)N2CCCC(O)C2)cc1. The maximum absolute atomic E-state index is 12.0. The van der Waals surface area contributed by atoms with E-state index < -0.39 is 0 Å². The van der Waals surface area contributed by atoms with Gasteiger partial charge in [-0.1, -0.05) is 12.1 Å². The zero-order valence-corrected chi connectivity index (χ0v) is 12.0. The second kappa shape index (κ2) is 7.29. The Morgan fingerprint density at radius 1 is 1.40 bits per heavy atom. The third-order valence-corrected chi connectivity index (χ3v) is 3.76. The van der Waals surface area contributed by atoms with E-state index in [1.807, 2.05) is 24.3 Å². The molecule has 20 heavy (non-hydrogen) atoms. The Balaban J connectivity index is 1.73. The Labute approximate surface area is 120 Å². The number of aliphatic hydroxyl groups is 1. The molecule has 1 N–H and O–H groups in total. The lowest BCUT2D eigenvalue weighted by atomic mass is 10.1. The summed E-state index contributed by atoms with van der Waals surface area (Å²) >= 11 is 0. The summed E-state index contributed by atoms with van der Waals surface area (Å²) in [5.74, 6) is 1.02. The number of hydrogen-bond acceptors (Lipinski definition) is 3. The molecule has 0 saturated carbocycles. The molecule has 1 fully saturated rings. The van der Waals surface area contributed by atoms with E-state index in [-0.39, 0.29) is 12.0 Å². The number of aliphatic hydroxyl groups excluding tert-OH is 1. The molecule has 0 aliphatic carbocycles. The number of piperidine rings is 1. The molecule has 1 aromatic rings. The van der Waals surface area contributed by atoms with Gasteiger partial charge in [0.1, 0.15) is 5.75 Å². The number of aryl methyl sites for hydroxylation is 1. The molecular weight excluding hydrogens is 254 g/mol. The van der Waals surface area contributed by atoms with Crippen molar-refractivity contribution >= 4 is 5.91 Å². The van der Waals surface area contributed by atoms with E-state index in [1.165, 1.54) is 5.56 Å². The van der Waals surface area contributed by atoms with E-state index in [9.17, 15) is 9.90 Å². The van der Waals surface area contributed by atoms with Crippen molar-refractivity contribution in [3.63, 3.8) is 0 Å². The summed E-state index contributed by atoms with van der Waals surface area (Å²) in [6.45, 7) is 1.29. The first-order valence-corrected chi connectivity index (χ1v) is 7.28. The van der Waals surface area contributed by atoms with Gasteiger partial charge in [-0.2, -0.15) is 0 Å². The minimum absolute atomic E-state index is 0.164. The van der Waals surface area contributed by atoms with Crippen LogP contribution in [-0.2, 0) is 11.2 Å². The third kappa shape index (κ3) is 4.23. The summed E-state index contributed by atoms with van der Waals surface area (Å²) in [5.41, 5.74) is 1.22. The number of methoxy groups -OCH3 is 1. The zero-order chi connectivity index (χ0) is 14.4. The van der Waals surface area contributed by atoms with Crippen LogP contribution in [0.25, 0.3) is 0 Å². The molecule has 1 amide bonds. The summed E-state index contributed by atoms with van der Waals surface area (Å²) in [7, 11) is 1.65. The molecule has 0 radical (unpaired) electrons. The number of carbonyl (C=O) groups is 1. The van der Waals surface area contributed by atoms with Crippen LogP contribution in [-0.4, -0.2) is 42.2 Å². The summed E-state index contributed by atoms with van der Waals surface area (Å²) in [6, 6.07) is 7.96. The first-order chi connectivity index (χ1) is 9.69. The quantitative estimate of drug-likeness (QED) is 0.895. The highest BCUT2D eigenvalue weighted by atomic mass is 16.5. The van der Waals surface area contributed by atoms with E-state index in [4.69, 9.17) is 4.74 Å². The largest absolute Gasteiger partial charge is 0.497 e. The van der Waals surface area contributed by atoms with Crippen LogP contribution in [0.15, 0.2) is 24.3 Å². The molecule has 0 bridgehead atoms. The number of carbonyl (C=O) groups excluding carboxylic acids is 1.